The number of aryl methyl sites for hydroxylation is 1. The maximum Gasteiger partial charge on any atom is 0.277 e. The lowest BCUT2D eigenvalue weighted by molar-refractivity contribution is 0.102. The van der Waals surface area contributed by atoms with Crippen LogP contribution in [0, 0.1) is 12.7 Å². The number of rotatable bonds is 4. The van der Waals surface area contributed by atoms with Gasteiger partial charge in [0.05, 0.1) is 17.1 Å². The van der Waals surface area contributed by atoms with Crippen molar-refractivity contribution in [2.75, 3.05) is 5.32 Å². The van der Waals surface area contributed by atoms with Crippen molar-refractivity contribution in [3.05, 3.63) is 89.1 Å². The van der Waals surface area contributed by atoms with Gasteiger partial charge in [0.15, 0.2) is 5.69 Å². The van der Waals surface area contributed by atoms with E-state index in [1.807, 2.05) is 41.9 Å². The molecule has 0 saturated heterocycles. The molecule has 2 heterocycles. The van der Waals surface area contributed by atoms with E-state index in [0.717, 1.165) is 41.9 Å². The van der Waals surface area contributed by atoms with Crippen LogP contribution < -0.4 is 5.32 Å². The minimum atomic E-state index is -0.324. The van der Waals surface area contributed by atoms with Crippen LogP contribution in [0.25, 0.3) is 11.4 Å². The minimum Gasteiger partial charge on any atom is -0.305 e. The average molecular weight is 401 g/mol. The molecule has 0 unspecified atom stereocenters. The number of anilines is 1. The predicted octanol–water partition coefficient (Wildman–Crippen LogP) is 4.25. The van der Waals surface area contributed by atoms with Crippen LogP contribution in [-0.2, 0) is 12.8 Å². The summed E-state index contributed by atoms with van der Waals surface area (Å²) in [5.74, 6) is -0.0774. The first-order valence-electron chi connectivity index (χ1n) is 9.90. The quantitative estimate of drug-likeness (QED) is 0.556. The molecule has 5 rings (SSSR count). The van der Waals surface area contributed by atoms with Crippen LogP contribution in [-0.4, -0.2) is 25.5 Å². The van der Waals surface area contributed by atoms with Crippen LogP contribution in [0.4, 0.5) is 10.2 Å². The highest BCUT2D eigenvalue weighted by Crippen LogP contribution is 2.28. The van der Waals surface area contributed by atoms with Crippen LogP contribution >= 0.6 is 0 Å². The van der Waals surface area contributed by atoms with Gasteiger partial charge in [0.25, 0.3) is 5.91 Å². The molecule has 0 aliphatic heterocycles. The standard InChI is InChI=1S/C23H20FN5O/c1-15-14-21(29(26-15)18-12-10-16(24)11-13-18)25-23(30)22-19-8-5-9-20(19)28(27-22)17-6-3-2-4-7-17/h2-4,6-7,10-14H,5,8-9H2,1H3,(H,25,30). The molecule has 0 saturated carbocycles. The van der Waals surface area contributed by atoms with Crippen molar-refractivity contribution in [3.63, 3.8) is 0 Å². The molecule has 150 valence electrons. The molecule has 0 bridgehead atoms. The fraction of sp³-hybridized carbons (Fsp3) is 0.174. The summed E-state index contributed by atoms with van der Waals surface area (Å²) in [5.41, 5.74) is 4.89. The van der Waals surface area contributed by atoms with E-state index in [-0.39, 0.29) is 11.7 Å². The Hall–Kier alpha value is -3.74. The lowest BCUT2D eigenvalue weighted by Crippen LogP contribution is -2.17. The molecule has 2 aromatic carbocycles. The van der Waals surface area contributed by atoms with Gasteiger partial charge in [-0.2, -0.15) is 10.2 Å². The Balaban J connectivity index is 1.50. The fourth-order valence-electron chi connectivity index (χ4n) is 3.95. The number of hydrogen-bond acceptors (Lipinski definition) is 3. The largest absolute Gasteiger partial charge is 0.305 e. The van der Waals surface area contributed by atoms with Crippen LogP contribution in [0.5, 0.6) is 0 Å². The Bertz CT molecular complexity index is 1220. The SMILES string of the molecule is Cc1cc(NC(=O)c2nn(-c3ccccc3)c3c2CCC3)n(-c2ccc(F)cc2)n1. The molecule has 6 nitrogen and oxygen atoms in total. The van der Waals surface area contributed by atoms with Crippen molar-refractivity contribution in [2.24, 2.45) is 0 Å². The number of carbonyl (C=O) groups excluding carboxylic acids is 1. The molecule has 7 heteroatoms. The second kappa shape index (κ2) is 7.26. The smallest absolute Gasteiger partial charge is 0.277 e. The van der Waals surface area contributed by atoms with E-state index in [1.54, 1.807) is 22.9 Å². The summed E-state index contributed by atoms with van der Waals surface area (Å²) < 4.78 is 16.8. The molecule has 30 heavy (non-hydrogen) atoms. The van der Waals surface area contributed by atoms with Gasteiger partial charge in [0, 0.05) is 17.3 Å². The monoisotopic (exact) mass is 401 g/mol. The first-order chi connectivity index (χ1) is 14.6. The fourth-order valence-corrected chi connectivity index (χ4v) is 3.95. The molecule has 0 fully saturated rings. The number of amides is 1. The summed E-state index contributed by atoms with van der Waals surface area (Å²) in [4.78, 5) is 13.2. The third-order valence-electron chi connectivity index (χ3n) is 5.29. The van der Waals surface area contributed by atoms with E-state index in [1.165, 1.54) is 12.1 Å². The summed E-state index contributed by atoms with van der Waals surface area (Å²) in [6, 6.07) is 17.6. The number of fused-ring (bicyclic) bond motifs is 1. The second-order valence-electron chi connectivity index (χ2n) is 7.39. The zero-order valence-electron chi connectivity index (χ0n) is 16.5. The molecule has 0 spiro atoms. The Morgan fingerprint density at radius 2 is 1.70 bits per heavy atom. The summed E-state index contributed by atoms with van der Waals surface area (Å²) >= 11 is 0. The third kappa shape index (κ3) is 3.18. The number of nitrogens with one attached hydrogen (secondary N) is 1. The number of para-hydroxylation sites is 1. The van der Waals surface area contributed by atoms with Crippen molar-refractivity contribution in [2.45, 2.75) is 26.2 Å². The van der Waals surface area contributed by atoms with Crippen molar-refractivity contribution in [3.8, 4) is 11.4 Å². The molecular formula is C23H20FN5O. The zero-order chi connectivity index (χ0) is 20.7. The van der Waals surface area contributed by atoms with Gasteiger partial charge in [0.2, 0.25) is 0 Å². The first kappa shape index (κ1) is 18.3. The van der Waals surface area contributed by atoms with Gasteiger partial charge in [-0.25, -0.2) is 13.8 Å². The molecule has 0 radical (unpaired) electrons. The van der Waals surface area contributed by atoms with E-state index in [0.29, 0.717) is 17.2 Å². The zero-order valence-corrected chi connectivity index (χ0v) is 16.5. The number of halogens is 1. The predicted molar refractivity (Wildman–Crippen MR) is 112 cm³/mol. The summed E-state index contributed by atoms with van der Waals surface area (Å²) in [5, 5.41) is 12.0. The highest BCUT2D eigenvalue weighted by molar-refractivity contribution is 6.04. The summed E-state index contributed by atoms with van der Waals surface area (Å²) in [6.07, 6.45) is 2.74. The van der Waals surface area contributed by atoms with Crippen LogP contribution in [0.1, 0.15) is 33.9 Å². The van der Waals surface area contributed by atoms with E-state index < -0.39 is 0 Å². The molecule has 1 amide bonds. The number of aromatic nitrogens is 4. The van der Waals surface area contributed by atoms with Gasteiger partial charge >= 0.3 is 0 Å². The van der Waals surface area contributed by atoms with Crippen molar-refractivity contribution < 1.29 is 9.18 Å². The van der Waals surface area contributed by atoms with Gasteiger partial charge in [-0.05, 0) is 62.6 Å². The van der Waals surface area contributed by atoms with Gasteiger partial charge < -0.3 is 5.32 Å². The molecule has 0 atom stereocenters. The lowest BCUT2D eigenvalue weighted by atomic mass is 10.2. The number of hydrogen-bond donors (Lipinski definition) is 1. The van der Waals surface area contributed by atoms with Crippen LogP contribution in [0.3, 0.4) is 0 Å². The third-order valence-corrected chi connectivity index (χ3v) is 5.29. The Labute approximate surface area is 173 Å². The molecular weight excluding hydrogens is 381 g/mol. The number of nitrogens with zero attached hydrogens (tertiary/aromatic N) is 4. The molecule has 1 aliphatic rings. The van der Waals surface area contributed by atoms with Crippen molar-refractivity contribution in [1.29, 1.82) is 0 Å². The van der Waals surface area contributed by atoms with Gasteiger partial charge in [-0.3, -0.25) is 4.79 Å². The van der Waals surface area contributed by atoms with E-state index in [4.69, 9.17) is 0 Å². The first-order valence-corrected chi connectivity index (χ1v) is 9.90. The lowest BCUT2D eigenvalue weighted by Gasteiger charge is -2.08. The normalized spacial score (nSPS) is 12.7. The highest BCUT2D eigenvalue weighted by Gasteiger charge is 2.27. The maximum absolute atomic E-state index is 13.3. The Morgan fingerprint density at radius 1 is 0.967 bits per heavy atom. The topological polar surface area (TPSA) is 64.7 Å². The van der Waals surface area contributed by atoms with Crippen LogP contribution in [0.2, 0.25) is 0 Å². The van der Waals surface area contributed by atoms with Gasteiger partial charge in [-0.1, -0.05) is 18.2 Å². The van der Waals surface area contributed by atoms with E-state index in [9.17, 15) is 9.18 Å². The van der Waals surface area contributed by atoms with Gasteiger partial charge in [-0.15, -0.1) is 0 Å². The van der Waals surface area contributed by atoms with E-state index in [2.05, 4.69) is 15.5 Å². The molecule has 2 aromatic heterocycles. The molecule has 1 N–H and O–H groups in total. The highest BCUT2D eigenvalue weighted by atomic mass is 19.1. The summed E-state index contributed by atoms with van der Waals surface area (Å²) in [6.45, 7) is 1.84. The van der Waals surface area contributed by atoms with Gasteiger partial charge in [0.1, 0.15) is 11.6 Å². The Kier molecular flexibility index (Phi) is 4.43. The summed E-state index contributed by atoms with van der Waals surface area (Å²) in [7, 11) is 0. The Morgan fingerprint density at radius 3 is 2.47 bits per heavy atom. The van der Waals surface area contributed by atoms with Crippen LogP contribution in [0.15, 0.2) is 60.7 Å². The molecule has 1 aliphatic carbocycles. The van der Waals surface area contributed by atoms with E-state index >= 15 is 0 Å². The number of carbonyl (C=O) groups is 1. The van der Waals surface area contributed by atoms with Crippen molar-refractivity contribution in [1.82, 2.24) is 19.6 Å². The second-order valence-corrected chi connectivity index (χ2v) is 7.39. The minimum absolute atomic E-state index is 0.272. The molecule has 4 aromatic rings. The average Bonchev–Trinajstić information content (AvgIpc) is 3.44. The van der Waals surface area contributed by atoms with Crippen molar-refractivity contribution >= 4 is 11.7 Å². The number of benzene rings is 2. The maximum atomic E-state index is 13.3.